The van der Waals surface area contributed by atoms with Gasteiger partial charge in [-0.15, -0.1) is 11.3 Å². The highest BCUT2D eigenvalue weighted by molar-refractivity contribution is 7.25. The zero-order chi connectivity index (χ0) is 28.6. The maximum Gasteiger partial charge on any atom is 0.0851 e. The minimum Gasteiger partial charge on any atom is -0.327 e. The maximum absolute atomic E-state index is 3.87. The summed E-state index contributed by atoms with van der Waals surface area (Å²) in [6.45, 7) is 1.45. The monoisotopic (exact) mass is 573 g/mol. The lowest BCUT2D eigenvalue weighted by molar-refractivity contribution is 0.403. The zero-order valence-electron chi connectivity index (χ0n) is 23.7. The Hall–Kier alpha value is -4.74. The van der Waals surface area contributed by atoms with Gasteiger partial charge < -0.3 is 4.57 Å². The standard InChI is InChI=1S/C39H31N3S/c1-4-12-27(13-5-1)25-40-39(29-16-8-3-9-17-29)41-26-42-35-21-20-30(28-14-6-2-7-15-28)22-32(35)33-24-38-34(23-36(33)42)31-18-10-11-19-37(31)43-38/h1-24,39-41H,25-26H2/t39-/m1/s1. The summed E-state index contributed by atoms with van der Waals surface area (Å²) >= 11 is 1.88. The van der Waals surface area contributed by atoms with Gasteiger partial charge in [-0.3, -0.25) is 10.6 Å². The van der Waals surface area contributed by atoms with E-state index in [0.29, 0.717) is 6.67 Å². The third-order valence-corrected chi connectivity index (χ3v) is 9.54. The Labute approximate surface area is 255 Å². The minimum absolute atomic E-state index is 0.0109. The van der Waals surface area contributed by atoms with Crippen LogP contribution < -0.4 is 10.6 Å². The molecule has 6 aromatic carbocycles. The van der Waals surface area contributed by atoms with Gasteiger partial charge in [-0.1, -0.05) is 115 Å². The molecule has 0 unspecified atom stereocenters. The number of rotatable bonds is 8. The van der Waals surface area contributed by atoms with Crippen LogP contribution >= 0.6 is 11.3 Å². The quantitative estimate of drug-likeness (QED) is 0.177. The lowest BCUT2D eigenvalue weighted by Crippen LogP contribution is -2.35. The second-order valence-electron chi connectivity index (χ2n) is 11.1. The molecule has 0 bridgehead atoms. The van der Waals surface area contributed by atoms with Crippen molar-refractivity contribution in [2.24, 2.45) is 0 Å². The molecule has 0 aliphatic heterocycles. The van der Waals surface area contributed by atoms with Gasteiger partial charge in [0.15, 0.2) is 0 Å². The highest BCUT2D eigenvalue weighted by Gasteiger charge is 2.17. The average Bonchev–Trinajstić information content (AvgIpc) is 3.59. The van der Waals surface area contributed by atoms with Crippen molar-refractivity contribution >= 4 is 53.3 Å². The fraction of sp³-hybridized carbons (Fsp3) is 0.0769. The van der Waals surface area contributed by atoms with E-state index in [4.69, 9.17) is 0 Å². The lowest BCUT2D eigenvalue weighted by Gasteiger charge is -2.22. The smallest absolute Gasteiger partial charge is 0.0851 e. The number of nitrogens with one attached hydrogen (secondary N) is 2. The van der Waals surface area contributed by atoms with E-state index in [-0.39, 0.29) is 6.17 Å². The molecule has 43 heavy (non-hydrogen) atoms. The van der Waals surface area contributed by atoms with Gasteiger partial charge in [0.05, 0.1) is 23.9 Å². The van der Waals surface area contributed by atoms with E-state index >= 15 is 0 Å². The van der Waals surface area contributed by atoms with E-state index < -0.39 is 0 Å². The number of hydrogen-bond donors (Lipinski definition) is 2. The van der Waals surface area contributed by atoms with Crippen LogP contribution in [0.1, 0.15) is 17.3 Å². The van der Waals surface area contributed by atoms with E-state index in [9.17, 15) is 0 Å². The molecule has 8 aromatic rings. The fourth-order valence-corrected chi connectivity index (χ4v) is 7.38. The maximum atomic E-state index is 3.87. The molecule has 0 amide bonds. The molecule has 0 saturated carbocycles. The van der Waals surface area contributed by atoms with Crippen LogP contribution in [-0.4, -0.2) is 4.57 Å². The Bertz CT molecular complexity index is 2180. The van der Waals surface area contributed by atoms with Crippen LogP contribution in [0.15, 0.2) is 146 Å². The molecule has 2 N–H and O–H groups in total. The molecule has 4 heteroatoms. The Morgan fingerprint density at radius 3 is 2.02 bits per heavy atom. The molecule has 2 heterocycles. The summed E-state index contributed by atoms with van der Waals surface area (Å²) in [6, 6.07) is 52.4. The molecule has 2 aromatic heterocycles. The molecule has 0 aliphatic rings. The first-order chi connectivity index (χ1) is 21.3. The van der Waals surface area contributed by atoms with E-state index in [2.05, 4.69) is 161 Å². The molecular formula is C39H31N3S. The van der Waals surface area contributed by atoms with Crippen molar-refractivity contribution in [3.05, 3.63) is 157 Å². The molecular weight excluding hydrogens is 543 g/mol. The third kappa shape index (κ3) is 4.90. The van der Waals surface area contributed by atoms with E-state index in [1.165, 1.54) is 64.2 Å². The van der Waals surface area contributed by atoms with Crippen molar-refractivity contribution in [2.45, 2.75) is 19.4 Å². The molecule has 208 valence electrons. The van der Waals surface area contributed by atoms with Gasteiger partial charge in [0.2, 0.25) is 0 Å². The van der Waals surface area contributed by atoms with E-state index in [1.54, 1.807) is 0 Å². The number of benzene rings is 6. The zero-order valence-corrected chi connectivity index (χ0v) is 24.5. The molecule has 0 fully saturated rings. The largest absolute Gasteiger partial charge is 0.327 e. The van der Waals surface area contributed by atoms with Crippen LogP contribution in [0, 0.1) is 0 Å². The van der Waals surface area contributed by atoms with Gasteiger partial charge in [-0.05, 0) is 52.6 Å². The highest BCUT2D eigenvalue weighted by Crippen LogP contribution is 2.40. The second-order valence-corrected chi connectivity index (χ2v) is 12.1. The molecule has 1 atom stereocenters. The molecule has 0 saturated heterocycles. The minimum atomic E-state index is -0.0109. The summed E-state index contributed by atoms with van der Waals surface area (Å²) in [4.78, 5) is 0. The summed E-state index contributed by atoms with van der Waals surface area (Å²) in [7, 11) is 0. The van der Waals surface area contributed by atoms with Crippen molar-refractivity contribution in [3.63, 3.8) is 0 Å². The first-order valence-corrected chi connectivity index (χ1v) is 15.6. The number of nitrogens with zero attached hydrogens (tertiary/aromatic N) is 1. The van der Waals surface area contributed by atoms with Crippen molar-refractivity contribution in [2.75, 3.05) is 0 Å². The van der Waals surface area contributed by atoms with Gasteiger partial charge in [-0.25, -0.2) is 0 Å². The Balaban J connectivity index is 1.25. The van der Waals surface area contributed by atoms with Crippen LogP contribution in [-0.2, 0) is 13.2 Å². The SMILES string of the molecule is c1ccc(CN[C@H](NCn2c3ccc(-c4ccccc4)cc3c3cc4sc5ccccc5c4cc32)c2ccccc2)cc1. The first-order valence-electron chi connectivity index (χ1n) is 14.8. The fourth-order valence-electron chi connectivity index (χ4n) is 6.25. The summed E-state index contributed by atoms with van der Waals surface area (Å²) < 4.78 is 5.11. The van der Waals surface area contributed by atoms with E-state index in [1.807, 2.05) is 11.3 Å². The van der Waals surface area contributed by atoms with Crippen LogP contribution in [0.5, 0.6) is 0 Å². The summed E-state index contributed by atoms with van der Waals surface area (Å²) in [5.41, 5.74) is 7.44. The molecule has 3 nitrogen and oxygen atoms in total. The third-order valence-electron chi connectivity index (χ3n) is 8.41. The summed E-state index contributed by atoms with van der Waals surface area (Å²) in [5.74, 6) is 0. The predicted molar refractivity (Wildman–Crippen MR) is 183 cm³/mol. The number of thiophene rings is 1. The molecule has 0 radical (unpaired) electrons. The predicted octanol–water partition coefficient (Wildman–Crippen LogP) is 9.87. The van der Waals surface area contributed by atoms with Crippen molar-refractivity contribution in [1.82, 2.24) is 15.2 Å². The van der Waals surface area contributed by atoms with Gasteiger partial charge in [0, 0.05) is 37.5 Å². The first kappa shape index (κ1) is 25.9. The highest BCUT2D eigenvalue weighted by atomic mass is 32.1. The molecule has 0 aliphatic carbocycles. The topological polar surface area (TPSA) is 29.0 Å². The second kappa shape index (κ2) is 11.2. The van der Waals surface area contributed by atoms with Crippen LogP contribution in [0.25, 0.3) is 53.1 Å². The number of hydrogen-bond acceptors (Lipinski definition) is 3. The summed E-state index contributed by atoms with van der Waals surface area (Å²) in [6.07, 6.45) is -0.0109. The Kier molecular flexibility index (Phi) is 6.73. The van der Waals surface area contributed by atoms with E-state index in [0.717, 1.165) is 6.54 Å². The molecule has 8 rings (SSSR count). The van der Waals surface area contributed by atoms with Gasteiger partial charge >= 0.3 is 0 Å². The normalized spacial score (nSPS) is 12.5. The van der Waals surface area contributed by atoms with Crippen LogP contribution in [0.4, 0.5) is 0 Å². The average molecular weight is 574 g/mol. The van der Waals surface area contributed by atoms with Crippen LogP contribution in [0.2, 0.25) is 0 Å². The van der Waals surface area contributed by atoms with Gasteiger partial charge in [-0.2, -0.15) is 0 Å². The number of aromatic nitrogens is 1. The Morgan fingerprint density at radius 1 is 0.512 bits per heavy atom. The number of fused-ring (bicyclic) bond motifs is 6. The summed E-state index contributed by atoms with van der Waals surface area (Å²) in [5, 5.41) is 12.9. The van der Waals surface area contributed by atoms with Gasteiger partial charge in [0.1, 0.15) is 0 Å². The molecule has 0 spiro atoms. The van der Waals surface area contributed by atoms with Crippen molar-refractivity contribution in [1.29, 1.82) is 0 Å². The van der Waals surface area contributed by atoms with Crippen molar-refractivity contribution in [3.8, 4) is 11.1 Å². The van der Waals surface area contributed by atoms with Crippen LogP contribution in [0.3, 0.4) is 0 Å². The van der Waals surface area contributed by atoms with Gasteiger partial charge in [0.25, 0.3) is 0 Å². The van der Waals surface area contributed by atoms with Crippen molar-refractivity contribution < 1.29 is 0 Å². The lowest BCUT2D eigenvalue weighted by atomic mass is 10.0. The Morgan fingerprint density at radius 2 is 1.21 bits per heavy atom.